The molecule has 1 amide bonds. The minimum absolute atomic E-state index is 0.0384. The van der Waals surface area contributed by atoms with Gasteiger partial charge in [0.15, 0.2) is 0 Å². The van der Waals surface area contributed by atoms with Crippen LogP contribution >= 0.6 is 0 Å². The highest BCUT2D eigenvalue weighted by atomic mass is 16.6. The molecular formula is C26H46N2O7. The number of hydrogen-bond donors (Lipinski definition) is 3. The summed E-state index contributed by atoms with van der Waals surface area (Å²) in [6, 6.07) is 0. The number of amides is 1. The van der Waals surface area contributed by atoms with Crippen LogP contribution in [-0.4, -0.2) is 65.3 Å². The minimum atomic E-state index is -0.562. The van der Waals surface area contributed by atoms with Crippen LogP contribution < -0.4 is 5.32 Å². The standard InChI is InChI=1S/C26H46N2O7/c1-2-3-4-5-8-11-21(29)14-15-23-22(24(30)20-25(23)31)12-9-6-7-10-13-26(32)27-16-18-35-19-17-28(33)34/h6,9,22-25,30-31H,2-5,7-8,10-20H2,1H3,(H,27,32)/b9-6-/t22-,23-,24+,25-/m1/s1. The number of unbranched alkanes of at least 4 members (excludes halogenated alkanes) is 5. The molecule has 1 fully saturated rings. The van der Waals surface area contributed by atoms with E-state index in [-0.39, 0.29) is 43.3 Å². The number of carbonyl (C=O) groups excluding carboxylic acids is 2. The van der Waals surface area contributed by atoms with Gasteiger partial charge in [-0.2, -0.15) is 0 Å². The van der Waals surface area contributed by atoms with E-state index in [1.807, 2.05) is 12.2 Å². The first-order chi connectivity index (χ1) is 16.8. The molecule has 0 aromatic heterocycles. The molecule has 0 spiro atoms. The third-order valence-corrected chi connectivity index (χ3v) is 6.67. The molecule has 9 nitrogen and oxygen atoms in total. The normalized spacial score (nSPS) is 22.0. The number of allylic oxidation sites excluding steroid dienone is 2. The van der Waals surface area contributed by atoms with Crippen molar-refractivity contribution in [2.75, 3.05) is 26.3 Å². The number of nitrogens with zero attached hydrogens (tertiary/aromatic N) is 1. The molecule has 0 saturated heterocycles. The second kappa shape index (κ2) is 19.4. The molecule has 0 unspecified atom stereocenters. The number of rotatable bonds is 21. The summed E-state index contributed by atoms with van der Waals surface area (Å²) in [6.45, 7) is 2.55. The molecular weight excluding hydrogens is 452 g/mol. The zero-order valence-electron chi connectivity index (χ0n) is 21.4. The fraction of sp³-hybridized carbons (Fsp3) is 0.846. The summed E-state index contributed by atoms with van der Waals surface area (Å²) in [7, 11) is 0. The molecule has 202 valence electrons. The molecule has 1 saturated carbocycles. The lowest BCUT2D eigenvalue weighted by molar-refractivity contribution is -0.483. The predicted molar refractivity (Wildman–Crippen MR) is 135 cm³/mol. The van der Waals surface area contributed by atoms with E-state index in [9.17, 15) is 29.9 Å². The van der Waals surface area contributed by atoms with Crippen LogP contribution in [0.1, 0.15) is 90.4 Å². The van der Waals surface area contributed by atoms with Gasteiger partial charge in [0.2, 0.25) is 12.5 Å². The Morgan fingerprint density at radius 3 is 2.49 bits per heavy atom. The molecule has 0 aromatic rings. The summed E-state index contributed by atoms with van der Waals surface area (Å²) in [5.41, 5.74) is 0. The fourth-order valence-electron chi connectivity index (χ4n) is 4.63. The Labute approximate surface area is 209 Å². The summed E-state index contributed by atoms with van der Waals surface area (Å²) in [6.07, 6.45) is 13.1. The third-order valence-electron chi connectivity index (χ3n) is 6.67. The quantitative estimate of drug-likeness (QED) is 0.0951. The van der Waals surface area contributed by atoms with Crippen molar-refractivity contribution in [3.05, 3.63) is 22.3 Å². The van der Waals surface area contributed by atoms with Crippen LogP contribution in [0.3, 0.4) is 0 Å². The van der Waals surface area contributed by atoms with Gasteiger partial charge in [0.25, 0.3) is 0 Å². The van der Waals surface area contributed by atoms with E-state index in [0.29, 0.717) is 51.5 Å². The first-order valence-electron chi connectivity index (χ1n) is 13.3. The van der Waals surface area contributed by atoms with Crippen LogP contribution in [0.2, 0.25) is 0 Å². The first kappa shape index (κ1) is 31.2. The van der Waals surface area contributed by atoms with Gasteiger partial charge in [-0.15, -0.1) is 0 Å². The highest BCUT2D eigenvalue weighted by Gasteiger charge is 2.40. The van der Waals surface area contributed by atoms with Crippen molar-refractivity contribution in [2.24, 2.45) is 11.8 Å². The monoisotopic (exact) mass is 498 g/mol. The van der Waals surface area contributed by atoms with E-state index in [1.54, 1.807) is 0 Å². The maximum Gasteiger partial charge on any atom is 0.226 e. The number of ketones is 1. The summed E-state index contributed by atoms with van der Waals surface area (Å²) >= 11 is 0. The summed E-state index contributed by atoms with van der Waals surface area (Å²) < 4.78 is 5.06. The van der Waals surface area contributed by atoms with Gasteiger partial charge in [0, 0.05) is 30.7 Å². The SMILES string of the molecule is CCCCCCCC(=O)CC[C@@H]1[C@@H](C/C=C\CCCC(=O)NCCOCC[N+](=O)[O-])[C@@H](O)C[C@H]1O. The average molecular weight is 499 g/mol. The van der Waals surface area contributed by atoms with Gasteiger partial charge in [-0.1, -0.05) is 44.8 Å². The topological polar surface area (TPSA) is 139 Å². The minimum Gasteiger partial charge on any atom is -0.393 e. The number of ether oxygens (including phenoxy) is 1. The van der Waals surface area contributed by atoms with Gasteiger partial charge >= 0.3 is 0 Å². The molecule has 1 aliphatic rings. The van der Waals surface area contributed by atoms with E-state index in [2.05, 4.69) is 12.2 Å². The maximum absolute atomic E-state index is 12.2. The van der Waals surface area contributed by atoms with E-state index in [1.165, 1.54) is 19.3 Å². The van der Waals surface area contributed by atoms with Crippen LogP contribution in [0.25, 0.3) is 0 Å². The molecule has 0 heterocycles. The lowest BCUT2D eigenvalue weighted by atomic mass is 9.86. The van der Waals surface area contributed by atoms with Crippen LogP contribution in [0, 0.1) is 22.0 Å². The van der Waals surface area contributed by atoms with Crippen molar-refractivity contribution in [3.8, 4) is 0 Å². The van der Waals surface area contributed by atoms with Crippen molar-refractivity contribution in [3.63, 3.8) is 0 Å². The summed E-state index contributed by atoms with van der Waals surface area (Å²) in [4.78, 5) is 33.8. The average Bonchev–Trinajstić information content (AvgIpc) is 3.08. The lowest BCUT2D eigenvalue weighted by Crippen LogP contribution is -2.27. The highest BCUT2D eigenvalue weighted by molar-refractivity contribution is 5.78. The molecule has 1 rings (SSSR count). The Kier molecular flexibility index (Phi) is 17.3. The van der Waals surface area contributed by atoms with Gasteiger partial charge in [-0.05, 0) is 50.4 Å². The van der Waals surface area contributed by atoms with Gasteiger partial charge in [-0.25, -0.2) is 0 Å². The lowest BCUT2D eigenvalue weighted by Gasteiger charge is -2.22. The van der Waals surface area contributed by atoms with Gasteiger partial charge in [0.1, 0.15) is 12.4 Å². The summed E-state index contributed by atoms with van der Waals surface area (Å²) in [5.74, 6) is 0.0701. The Bertz CT molecular complexity index is 641. The molecule has 9 heteroatoms. The molecule has 4 atom stereocenters. The van der Waals surface area contributed by atoms with Crippen LogP contribution in [-0.2, 0) is 14.3 Å². The number of hydrogen-bond acceptors (Lipinski definition) is 7. The van der Waals surface area contributed by atoms with E-state index >= 15 is 0 Å². The van der Waals surface area contributed by atoms with Crippen molar-refractivity contribution in [2.45, 2.75) is 103 Å². The molecule has 0 bridgehead atoms. The second-order valence-electron chi connectivity index (χ2n) is 9.56. The Morgan fingerprint density at radius 2 is 1.74 bits per heavy atom. The predicted octanol–water partition coefficient (Wildman–Crippen LogP) is 3.58. The number of aliphatic hydroxyl groups is 2. The second-order valence-corrected chi connectivity index (χ2v) is 9.56. The number of aliphatic hydroxyl groups excluding tert-OH is 2. The van der Waals surface area contributed by atoms with Crippen LogP contribution in [0.15, 0.2) is 12.2 Å². The number of Topliss-reactive ketones (excluding diaryl/α,β-unsaturated/α-hetero) is 1. The number of nitro groups is 1. The van der Waals surface area contributed by atoms with Crippen molar-refractivity contribution >= 4 is 11.7 Å². The fourth-order valence-corrected chi connectivity index (χ4v) is 4.63. The first-order valence-corrected chi connectivity index (χ1v) is 13.3. The van der Waals surface area contributed by atoms with Crippen molar-refractivity contribution in [1.29, 1.82) is 0 Å². The van der Waals surface area contributed by atoms with Crippen LogP contribution in [0.4, 0.5) is 0 Å². The summed E-state index contributed by atoms with van der Waals surface area (Å²) in [5, 5.41) is 33.7. The zero-order chi connectivity index (χ0) is 25.9. The van der Waals surface area contributed by atoms with E-state index < -0.39 is 17.1 Å². The maximum atomic E-state index is 12.2. The Balaban J connectivity index is 2.20. The van der Waals surface area contributed by atoms with E-state index in [0.717, 1.165) is 19.3 Å². The molecule has 0 aliphatic heterocycles. The molecule has 0 aromatic carbocycles. The van der Waals surface area contributed by atoms with Crippen molar-refractivity contribution < 1.29 is 29.5 Å². The Morgan fingerprint density at radius 1 is 1.00 bits per heavy atom. The van der Waals surface area contributed by atoms with Crippen molar-refractivity contribution in [1.82, 2.24) is 5.32 Å². The molecule has 0 radical (unpaired) electrons. The number of nitrogens with one attached hydrogen (secondary N) is 1. The smallest absolute Gasteiger partial charge is 0.226 e. The van der Waals surface area contributed by atoms with Crippen LogP contribution in [0.5, 0.6) is 0 Å². The van der Waals surface area contributed by atoms with Gasteiger partial charge < -0.3 is 20.3 Å². The Hall–Kier alpha value is -1.84. The highest BCUT2D eigenvalue weighted by Crippen LogP contribution is 2.38. The van der Waals surface area contributed by atoms with Gasteiger partial charge in [-0.3, -0.25) is 19.7 Å². The third kappa shape index (κ3) is 15.0. The zero-order valence-corrected chi connectivity index (χ0v) is 21.4. The molecule has 35 heavy (non-hydrogen) atoms. The molecule has 3 N–H and O–H groups in total. The van der Waals surface area contributed by atoms with Gasteiger partial charge in [0.05, 0.1) is 18.8 Å². The van der Waals surface area contributed by atoms with E-state index in [4.69, 9.17) is 4.74 Å². The molecule has 1 aliphatic carbocycles. The largest absolute Gasteiger partial charge is 0.393 e. The number of carbonyl (C=O) groups is 2.